The summed E-state index contributed by atoms with van der Waals surface area (Å²) in [7, 11) is 0. The van der Waals surface area contributed by atoms with Crippen molar-refractivity contribution < 1.29 is 4.79 Å². The van der Waals surface area contributed by atoms with Crippen LogP contribution < -0.4 is 5.43 Å². The fourth-order valence-corrected chi connectivity index (χ4v) is 2.78. The maximum atomic E-state index is 12.5. The lowest BCUT2D eigenvalue weighted by atomic mass is 10.2. The van der Waals surface area contributed by atoms with Crippen LogP contribution in [0.5, 0.6) is 0 Å². The first-order chi connectivity index (χ1) is 11.6. The maximum absolute atomic E-state index is 12.5. The zero-order valence-electron chi connectivity index (χ0n) is 14.0. The lowest BCUT2D eigenvalue weighted by molar-refractivity contribution is 0.0954. The first kappa shape index (κ1) is 15.8. The number of hydrogen-bond acceptors (Lipinski definition) is 2. The van der Waals surface area contributed by atoms with E-state index < -0.39 is 0 Å². The number of aromatic amines is 1. The Labute approximate surface area is 141 Å². The highest BCUT2D eigenvalue weighted by atomic mass is 16.2. The van der Waals surface area contributed by atoms with E-state index in [2.05, 4.69) is 20.1 Å². The highest BCUT2D eigenvalue weighted by Gasteiger charge is 2.16. The third-order valence-corrected chi connectivity index (χ3v) is 4.00. The lowest BCUT2D eigenvalue weighted by Crippen LogP contribution is -2.20. The van der Waals surface area contributed by atoms with Crippen molar-refractivity contribution in [2.24, 2.45) is 5.10 Å². The topological polar surface area (TPSA) is 62.2 Å². The van der Waals surface area contributed by atoms with E-state index in [0.717, 1.165) is 28.5 Å². The zero-order chi connectivity index (χ0) is 17.1. The second-order valence-corrected chi connectivity index (χ2v) is 5.68. The van der Waals surface area contributed by atoms with Crippen molar-refractivity contribution in [3.8, 4) is 5.69 Å². The van der Waals surface area contributed by atoms with Crippen LogP contribution >= 0.6 is 0 Å². The summed E-state index contributed by atoms with van der Waals surface area (Å²) in [5.41, 5.74) is 7.81. The molecule has 0 aliphatic heterocycles. The standard InChI is InChI=1S/C19H20N4O/c1-13-12-17(15(3)23(13)16-8-5-4-6-9-16)19(24)22-21-14(2)18-10-7-11-20-18/h4-12,20H,1-3H3,(H,22,24)/b21-14+. The van der Waals surface area contributed by atoms with Crippen LogP contribution in [-0.2, 0) is 0 Å². The molecule has 0 spiro atoms. The number of rotatable bonds is 4. The zero-order valence-corrected chi connectivity index (χ0v) is 14.0. The molecule has 0 aliphatic carbocycles. The van der Waals surface area contributed by atoms with Gasteiger partial charge in [-0.25, -0.2) is 5.43 Å². The van der Waals surface area contributed by atoms with Crippen LogP contribution in [0.15, 0.2) is 59.8 Å². The molecule has 0 unspecified atom stereocenters. The van der Waals surface area contributed by atoms with E-state index in [1.165, 1.54) is 0 Å². The van der Waals surface area contributed by atoms with E-state index in [0.29, 0.717) is 5.56 Å². The van der Waals surface area contributed by atoms with E-state index in [1.807, 2.05) is 75.5 Å². The molecule has 1 amide bonds. The predicted octanol–water partition coefficient (Wildman–Crippen LogP) is 3.58. The van der Waals surface area contributed by atoms with Crippen molar-refractivity contribution >= 4 is 11.6 Å². The van der Waals surface area contributed by atoms with E-state index in [1.54, 1.807) is 0 Å². The van der Waals surface area contributed by atoms with Crippen molar-refractivity contribution in [2.75, 3.05) is 0 Å². The van der Waals surface area contributed by atoms with E-state index in [4.69, 9.17) is 0 Å². The molecule has 0 atom stereocenters. The van der Waals surface area contributed by atoms with Gasteiger partial charge in [-0.3, -0.25) is 4.79 Å². The second kappa shape index (κ2) is 6.58. The van der Waals surface area contributed by atoms with Crippen LogP contribution in [0.3, 0.4) is 0 Å². The van der Waals surface area contributed by atoms with Crippen molar-refractivity contribution in [2.45, 2.75) is 20.8 Å². The molecular weight excluding hydrogens is 300 g/mol. The van der Waals surface area contributed by atoms with Gasteiger partial charge in [0, 0.05) is 23.3 Å². The molecule has 0 saturated carbocycles. The van der Waals surface area contributed by atoms with Gasteiger partial charge in [0.2, 0.25) is 0 Å². The van der Waals surface area contributed by atoms with Crippen LogP contribution in [0, 0.1) is 13.8 Å². The molecule has 122 valence electrons. The van der Waals surface area contributed by atoms with Crippen LogP contribution in [0.25, 0.3) is 5.69 Å². The molecule has 2 N–H and O–H groups in total. The number of aromatic nitrogens is 2. The average molecular weight is 320 g/mol. The molecule has 0 aliphatic rings. The maximum Gasteiger partial charge on any atom is 0.273 e. The van der Waals surface area contributed by atoms with Crippen molar-refractivity contribution in [1.29, 1.82) is 0 Å². The number of nitrogens with zero attached hydrogens (tertiary/aromatic N) is 2. The minimum absolute atomic E-state index is 0.212. The van der Waals surface area contributed by atoms with E-state index in [9.17, 15) is 4.79 Å². The third kappa shape index (κ3) is 3.01. The molecule has 3 rings (SSSR count). The van der Waals surface area contributed by atoms with Gasteiger partial charge in [0.05, 0.1) is 17.0 Å². The highest BCUT2D eigenvalue weighted by Crippen LogP contribution is 2.20. The number of amides is 1. The Morgan fingerprint density at radius 2 is 1.88 bits per heavy atom. The molecule has 24 heavy (non-hydrogen) atoms. The molecule has 1 aromatic carbocycles. The number of para-hydroxylation sites is 1. The van der Waals surface area contributed by atoms with Gasteiger partial charge in [0.25, 0.3) is 5.91 Å². The Morgan fingerprint density at radius 1 is 1.12 bits per heavy atom. The Morgan fingerprint density at radius 3 is 2.54 bits per heavy atom. The smallest absolute Gasteiger partial charge is 0.273 e. The summed E-state index contributed by atoms with van der Waals surface area (Å²) in [6, 6.07) is 15.7. The fraction of sp³-hybridized carbons (Fsp3) is 0.158. The third-order valence-electron chi connectivity index (χ3n) is 4.00. The van der Waals surface area contributed by atoms with Crippen LogP contribution in [0.4, 0.5) is 0 Å². The van der Waals surface area contributed by atoms with Gasteiger partial charge in [-0.05, 0) is 51.1 Å². The highest BCUT2D eigenvalue weighted by molar-refractivity contribution is 6.00. The number of carbonyl (C=O) groups is 1. The Kier molecular flexibility index (Phi) is 4.33. The van der Waals surface area contributed by atoms with Crippen LogP contribution in [-0.4, -0.2) is 21.2 Å². The normalized spacial score (nSPS) is 11.5. The molecule has 0 radical (unpaired) electrons. The van der Waals surface area contributed by atoms with Gasteiger partial charge in [0.1, 0.15) is 0 Å². The van der Waals surface area contributed by atoms with Crippen molar-refractivity contribution in [3.63, 3.8) is 0 Å². The van der Waals surface area contributed by atoms with Gasteiger partial charge in [-0.15, -0.1) is 0 Å². The summed E-state index contributed by atoms with van der Waals surface area (Å²) < 4.78 is 2.07. The molecule has 5 heteroatoms. The largest absolute Gasteiger partial charge is 0.360 e. The summed E-state index contributed by atoms with van der Waals surface area (Å²) in [5, 5.41) is 4.17. The number of H-pyrrole nitrogens is 1. The van der Waals surface area contributed by atoms with E-state index >= 15 is 0 Å². The predicted molar refractivity (Wildman–Crippen MR) is 95.7 cm³/mol. The number of benzene rings is 1. The SMILES string of the molecule is C/C(=N\NC(=O)c1cc(C)n(-c2ccccc2)c1C)c1ccc[nH]1. The van der Waals surface area contributed by atoms with Gasteiger partial charge >= 0.3 is 0 Å². The number of carbonyl (C=O) groups excluding carboxylic acids is 1. The minimum atomic E-state index is -0.212. The van der Waals surface area contributed by atoms with Gasteiger partial charge in [-0.2, -0.15) is 5.10 Å². The van der Waals surface area contributed by atoms with Gasteiger partial charge in [0.15, 0.2) is 0 Å². The van der Waals surface area contributed by atoms with Crippen LogP contribution in [0.1, 0.15) is 34.4 Å². The summed E-state index contributed by atoms with van der Waals surface area (Å²) in [4.78, 5) is 15.6. The average Bonchev–Trinajstić information content (AvgIpc) is 3.21. The minimum Gasteiger partial charge on any atom is -0.360 e. The van der Waals surface area contributed by atoms with E-state index in [-0.39, 0.29) is 5.91 Å². The summed E-state index contributed by atoms with van der Waals surface area (Å²) in [5.74, 6) is -0.212. The summed E-state index contributed by atoms with van der Waals surface area (Å²) in [6.45, 7) is 5.78. The van der Waals surface area contributed by atoms with Crippen molar-refractivity contribution in [1.82, 2.24) is 15.0 Å². The molecule has 2 heterocycles. The quantitative estimate of drug-likeness (QED) is 0.560. The molecule has 3 aromatic rings. The molecule has 2 aromatic heterocycles. The number of hydrogen-bond donors (Lipinski definition) is 2. The molecule has 0 fully saturated rings. The number of hydrazone groups is 1. The number of nitrogens with one attached hydrogen (secondary N) is 2. The summed E-state index contributed by atoms with van der Waals surface area (Å²) >= 11 is 0. The monoisotopic (exact) mass is 320 g/mol. The van der Waals surface area contributed by atoms with Crippen molar-refractivity contribution in [3.05, 3.63) is 77.4 Å². The van der Waals surface area contributed by atoms with Gasteiger partial charge in [-0.1, -0.05) is 18.2 Å². The fourth-order valence-electron chi connectivity index (χ4n) is 2.78. The Hall–Kier alpha value is -3.08. The van der Waals surface area contributed by atoms with Gasteiger partial charge < -0.3 is 9.55 Å². The molecular formula is C19H20N4O. The molecule has 0 bridgehead atoms. The summed E-state index contributed by atoms with van der Waals surface area (Å²) in [6.07, 6.45) is 1.82. The first-order valence-electron chi connectivity index (χ1n) is 7.80. The van der Waals surface area contributed by atoms with Crippen LogP contribution in [0.2, 0.25) is 0 Å². The Balaban J connectivity index is 1.85. The first-order valence-corrected chi connectivity index (χ1v) is 7.80. The molecule has 0 saturated heterocycles. The Bertz CT molecular complexity index is 874. The second-order valence-electron chi connectivity index (χ2n) is 5.68. The lowest BCUT2D eigenvalue weighted by Gasteiger charge is -2.09. The number of aryl methyl sites for hydroxylation is 1. The molecule has 5 nitrogen and oxygen atoms in total.